The summed E-state index contributed by atoms with van der Waals surface area (Å²) in [6, 6.07) is 0. The van der Waals surface area contributed by atoms with Crippen molar-refractivity contribution in [2.45, 2.75) is 20.8 Å². The topological polar surface area (TPSA) is 55.0 Å². The van der Waals surface area contributed by atoms with Crippen LogP contribution in [0.5, 0.6) is 0 Å². The maximum atomic E-state index is 5.60. The van der Waals surface area contributed by atoms with Gasteiger partial charge in [-0.25, -0.2) is 4.98 Å². The third-order valence-electron chi connectivity index (χ3n) is 2.14. The highest BCUT2D eigenvalue weighted by molar-refractivity contribution is 5.42. The number of aromatic nitrogens is 2. The van der Waals surface area contributed by atoms with E-state index in [0.717, 1.165) is 24.6 Å². The Kier molecular flexibility index (Phi) is 4.49. The van der Waals surface area contributed by atoms with Gasteiger partial charge in [0.2, 0.25) is 0 Å². The SMILES string of the molecule is Cc1nccnc1N(CCN)CC(C)C. The van der Waals surface area contributed by atoms with E-state index < -0.39 is 0 Å². The van der Waals surface area contributed by atoms with E-state index in [1.807, 2.05) is 6.92 Å². The van der Waals surface area contributed by atoms with E-state index in [1.54, 1.807) is 12.4 Å². The van der Waals surface area contributed by atoms with Gasteiger partial charge in [0, 0.05) is 32.0 Å². The molecule has 0 spiro atoms. The lowest BCUT2D eigenvalue weighted by Gasteiger charge is -2.25. The van der Waals surface area contributed by atoms with Gasteiger partial charge in [-0.05, 0) is 12.8 Å². The molecule has 0 aliphatic carbocycles. The van der Waals surface area contributed by atoms with Gasteiger partial charge in [0.05, 0.1) is 5.69 Å². The number of aryl methyl sites for hydroxylation is 1. The minimum Gasteiger partial charge on any atom is -0.354 e. The van der Waals surface area contributed by atoms with Gasteiger partial charge in [-0.1, -0.05) is 13.8 Å². The zero-order valence-electron chi connectivity index (χ0n) is 9.77. The standard InChI is InChI=1S/C11H20N4/c1-9(2)8-15(7-4-12)11-10(3)13-5-6-14-11/h5-6,9H,4,7-8,12H2,1-3H3. The van der Waals surface area contributed by atoms with Crippen molar-refractivity contribution >= 4 is 5.82 Å². The molecule has 0 atom stereocenters. The van der Waals surface area contributed by atoms with E-state index in [0.29, 0.717) is 12.5 Å². The maximum absolute atomic E-state index is 5.60. The summed E-state index contributed by atoms with van der Waals surface area (Å²) < 4.78 is 0. The molecule has 1 rings (SSSR count). The lowest BCUT2D eigenvalue weighted by molar-refractivity contribution is 0.605. The van der Waals surface area contributed by atoms with Gasteiger partial charge in [0.25, 0.3) is 0 Å². The van der Waals surface area contributed by atoms with E-state index in [9.17, 15) is 0 Å². The first kappa shape index (κ1) is 11.9. The van der Waals surface area contributed by atoms with Crippen molar-refractivity contribution in [3.8, 4) is 0 Å². The molecule has 0 aliphatic rings. The molecule has 0 amide bonds. The van der Waals surface area contributed by atoms with Crippen LogP contribution in [0.4, 0.5) is 5.82 Å². The minimum atomic E-state index is 0.595. The molecular formula is C11H20N4. The monoisotopic (exact) mass is 208 g/mol. The van der Waals surface area contributed by atoms with Crippen molar-refractivity contribution in [3.63, 3.8) is 0 Å². The van der Waals surface area contributed by atoms with Crippen LogP contribution in [-0.2, 0) is 0 Å². The third-order valence-corrected chi connectivity index (χ3v) is 2.14. The largest absolute Gasteiger partial charge is 0.354 e. The molecule has 0 radical (unpaired) electrons. The predicted octanol–water partition coefficient (Wildman–Crippen LogP) is 1.21. The molecule has 0 bridgehead atoms. The van der Waals surface area contributed by atoms with Gasteiger partial charge >= 0.3 is 0 Å². The van der Waals surface area contributed by atoms with Crippen LogP contribution in [0.25, 0.3) is 0 Å². The molecule has 84 valence electrons. The number of nitrogens with zero attached hydrogens (tertiary/aromatic N) is 3. The summed E-state index contributed by atoms with van der Waals surface area (Å²) in [6.45, 7) is 8.80. The molecule has 0 fully saturated rings. The van der Waals surface area contributed by atoms with Crippen LogP contribution in [-0.4, -0.2) is 29.6 Å². The highest BCUT2D eigenvalue weighted by atomic mass is 15.2. The molecule has 0 aliphatic heterocycles. The Bertz CT molecular complexity index is 298. The molecular weight excluding hydrogens is 188 g/mol. The highest BCUT2D eigenvalue weighted by Crippen LogP contribution is 2.14. The smallest absolute Gasteiger partial charge is 0.150 e. The molecule has 0 saturated carbocycles. The molecule has 1 heterocycles. The van der Waals surface area contributed by atoms with E-state index in [1.165, 1.54) is 0 Å². The van der Waals surface area contributed by atoms with Gasteiger partial charge < -0.3 is 10.6 Å². The molecule has 4 nitrogen and oxygen atoms in total. The fourth-order valence-electron chi connectivity index (χ4n) is 1.59. The normalized spacial score (nSPS) is 10.7. The predicted molar refractivity (Wildman–Crippen MR) is 62.9 cm³/mol. The fourth-order valence-corrected chi connectivity index (χ4v) is 1.59. The number of nitrogens with two attached hydrogens (primary N) is 1. The third kappa shape index (κ3) is 3.47. The van der Waals surface area contributed by atoms with Crippen molar-refractivity contribution in [2.24, 2.45) is 11.7 Å². The molecule has 0 saturated heterocycles. The van der Waals surface area contributed by atoms with E-state index >= 15 is 0 Å². The zero-order valence-corrected chi connectivity index (χ0v) is 9.77. The number of hydrogen-bond donors (Lipinski definition) is 1. The minimum absolute atomic E-state index is 0.595. The first-order valence-electron chi connectivity index (χ1n) is 5.37. The second-order valence-corrected chi connectivity index (χ2v) is 4.09. The van der Waals surface area contributed by atoms with Gasteiger partial charge in [-0.3, -0.25) is 4.98 Å². The summed E-state index contributed by atoms with van der Waals surface area (Å²) in [5, 5.41) is 0. The summed E-state index contributed by atoms with van der Waals surface area (Å²) in [6.07, 6.45) is 3.45. The molecule has 0 aromatic carbocycles. The van der Waals surface area contributed by atoms with Crippen molar-refractivity contribution in [2.75, 3.05) is 24.5 Å². The quantitative estimate of drug-likeness (QED) is 0.790. The second kappa shape index (κ2) is 5.66. The van der Waals surface area contributed by atoms with Gasteiger partial charge in [0.1, 0.15) is 5.82 Å². The highest BCUT2D eigenvalue weighted by Gasteiger charge is 2.11. The van der Waals surface area contributed by atoms with Crippen LogP contribution in [0.3, 0.4) is 0 Å². The molecule has 4 heteroatoms. The molecule has 1 aromatic heterocycles. The molecule has 15 heavy (non-hydrogen) atoms. The average Bonchev–Trinajstić information content (AvgIpc) is 2.17. The van der Waals surface area contributed by atoms with Crippen molar-refractivity contribution in [1.29, 1.82) is 0 Å². The maximum Gasteiger partial charge on any atom is 0.150 e. The first-order chi connectivity index (χ1) is 7.15. The summed E-state index contributed by atoms with van der Waals surface area (Å²) in [5.74, 6) is 1.55. The lowest BCUT2D eigenvalue weighted by atomic mass is 10.2. The van der Waals surface area contributed by atoms with E-state index in [-0.39, 0.29) is 0 Å². The Balaban J connectivity index is 2.83. The van der Waals surface area contributed by atoms with Crippen LogP contribution in [0.2, 0.25) is 0 Å². The van der Waals surface area contributed by atoms with Crippen LogP contribution < -0.4 is 10.6 Å². The summed E-state index contributed by atoms with van der Waals surface area (Å²) in [7, 11) is 0. The van der Waals surface area contributed by atoms with Crippen molar-refractivity contribution in [3.05, 3.63) is 18.1 Å². The zero-order chi connectivity index (χ0) is 11.3. The Morgan fingerprint density at radius 1 is 1.33 bits per heavy atom. The van der Waals surface area contributed by atoms with E-state index in [4.69, 9.17) is 5.73 Å². The van der Waals surface area contributed by atoms with Crippen molar-refractivity contribution in [1.82, 2.24) is 9.97 Å². The number of hydrogen-bond acceptors (Lipinski definition) is 4. The molecule has 1 aromatic rings. The van der Waals surface area contributed by atoms with Crippen LogP contribution >= 0.6 is 0 Å². The van der Waals surface area contributed by atoms with Crippen LogP contribution in [0.1, 0.15) is 19.5 Å². The molecule has 0 unspecified atom stereocenters. The number of rotatable bonds is 5. The summed E-state index contributed by atoms with van der Waals surface area (Å²) in [4.78, 5) is 10.8. The van der Waals surface area contributed by atoms with Gasteiger partial charge in [0.15, 0.2) is 0 Å². The Morgan fingerprint density at radius 3 is 2.53 bits per heavy atom. The van der Waals surface area contributed by atoms with Gasteiger partial charge in [-0.2, -0.15) is 0 Å². The Labute approximate surface area is 91.5 Å². The average molecular weight is 208 g/mol. The Morgan fingerprint density at radius 2 is 2.00 bits per heavy atom. The van der Waals surface area contributed by atoms with E-state index in [2.05, 4.69) is 28.7 Å². The fraction of sp³-hybridized carbons (Fsp3) is 0.636. The van der Waals surface area contributed by atoms with Gasteiger partial charge in [-0.15, -0.1) is 0 Å². The number of anilines is 1. The summed E-state index contributed by atoms with van der Waals surface area (Å²) >= 11 is 0. The summed E-state index contributed by atoms with van der Waals surface area (Å²) in [5.41, 5.74) is 6.57. The Hall–Kier alpha value is -1.16. The molecule has 2 N–H and O–H groups in total. The van der Waals surface area contributed by atoms with Crippen LogP contribution in [0.15, 0.2) is 12.4 Å². The van der Waals surface area contributed by atoms with Crippen LogP contribution in [0, 0.1) is 12.8 Å². The first-order valence-corrected chi connectivity index (χ1v) is 5.37. The second-order valence-electron chi connectivity index (χ2n) is 4.09. The lowest BCUT2D eigenvalue weighted by Crippen LogP contribution is -2.34. The van der Waals surface area contributed by atoms with Crippen molar-refractivity contribution < 1.29 is 0 Å².